The van der Waals surface area contributed by atoms with Gasteiger partial charge >= 0.3 is 0 Å². The van der Waals surface area contributed by atoms with Crippen molar-refractivity contribution < 1.29 is 63.0 Å². The number of hydrogen-bond donors (Lipinski definition) is 16. The summed E-state index contributed by atoms with van der Waals surface area (Å²) < 4.78 is 0. The van der Waals surface area contributed by atoms with Crippen LogP contribution < -0.4 is 65.1 Å². The molecule has 30 nitrogen and oxygen atoms in total. The summed E-state index contributed by atoms with van der Waals surface area (Å²) >= 11 is 0. The van der Waals surface area contributed by atoms with Gasteiger partial charge < -0.3 is 90.1 Å². The molecule has 0 spiro atoms. The Morgan fingerprint density at radius 3 is 1.94 bits per heavy atom. The van der Waals surface area contributed by atoms with Gasteiger partial charge in [0.2, 0.25) is 59.1 Å². The largest absolute Gasteiger partial charge is 0.508 e. The number of carbonyl (C=O) groups is 11. The minimum Gasteiger partial charge on any atom is -0.508 e. The molecule has 2 aliphatic heterocycles. The lowest BCUT2D eigenvalue weighted by Gasteiger charge is -2.30. The molecule has 0 aliphatic carbocycles. The number of aliphatic hydroxyl groups is 1. The molecule has 4 aromatic rings. The van der Waals surface area contributed by atoms with E-state index in [4.69, 9.17) is 17.2 Å². The minimum absolute atomic E-state index is 0.0171. The third-order valence-corrected chi connectivity index (χ3v) is 16.1. The second-order valence-electron chi connectivity index (χ2n) is 24.7. The number of aliphatic hydroxyl groups excluding tert-OH is 1. The second kappa shape index (κ2) is 36.7. The van der Waals surface area contributed by atoms with Gasteiger partial charge in [-0.05, 0) is 99.1 Å². The number of aliphatic imine (C=N–C) groups is 1. The lowest BCUT2D eigenvalue weighted by molar-refractivity contribution is -0.142. The smallest absolute Gasteiger partial charge is 0.245 e. The molecule has 30 heteroatoms. The minimum atomic E-state index is -1.77. The van der Waals surface area contributed by atoms with Crippen molar-refractivity contribution in [3.05, 3.63) is 84.1 Å². The molecule has 0 unspecified atom stereocenters. The van der Waals surface area contributed by atoms with Crippen LogP contribution in [-0.2, 0) is 72.0 Å². The molecule has 10 amide bonds. The molecule has 0 radical (unpaired) electrons. The van der Waals surface area contributed by atoms with E-state index in [1.165, 1.54) is 41.7 Å². The van der Waals surface area contributed by atoms with Gasteiger partial charge in [0.1, 0.15) is 60.1 Å². The van der Waals surface area contributed by atoms with Crippen LogP contribution in [0.25, 0.3) is 10.9 Å². The summed E-state index contributed by atoms with van der Waals surface area (Å²) in [6.07, 6.45) is 7.06. The number of ketones is 1. The molecule has 2 fully saturated rings. The van der Waals surface area contributed by atoms with Crippen LogP contribution in [0.3, 0.4) is 0 Å². The number of nitrogens with one attached hydrogen (secondary N) is 11. The Morgan fingerprint density at radius 2 is 1.30 bits per heavy atom. The third-order valence-electron chi connectivity index (χ3n) is 16.1. The first-order valence-electron chi connectivity index (χ1n) is 32.1. The van der Waals surface area contributed by atoms with E-state index in [1.54, 1.807) is 24.4 Å². The van der Waals surface area contributed by atoms with Gasteiger partial charge in [0, 0.05) is 74.2 Å². The van der Waals surface area contributed by atoms with E-state index in [0.717, 1.165) is 0 Å². The summed E-state index contributed by atoms with van der Waals surface area (Å²) in [6, 6.07) is 1.07. The van der Waals surface area contributed by atoms with Gasteiger partial charge in [-0.3, -0.25) is 57.7 Å². The summed E-state index contributed by atoms with van der Waals surface area (Å²) in [4.78, 5) is 169. The SMILES string of the molecule is CC(C)CC(=O)CNC(=O)[C@@H]1CCCN1C(=O)[C@H](CCCN=C(N)N)NC(=O)[C@H](CC(C)C)NC(=O)[C@@H](CCCCCN)NC(=O)[C@H](Cc1ccc(O)cc1)NC(=O)[C@H](CO)NC(=O)[C@H](Cc1c[nH]c2ccccc12)NC(=O)[C@H](Cc1cnc[nH]1)NC(=O)[C@@H]1CCC(=O)N1. The lowest BCUT2D eigenvalue weighted by Crippen LogP contribution is -2.61. The fourth-order valence-corrected chi connectivity index (χ4v) is 11.3. The van der Waals surface area contributed by atoms with E-state index < -0.39 is 114 Å². The average molecular weight is 1310 g/mol. The first-order chi connectivity index (χ1) is 44.9. The highest BCUT2D eigenvalue weighted by Gasteiger charge is 2.40. The number of hydrogen-bond acceptors (Lipinski definition) is 16. The quantitative estimate of drug-likeness (QED) is 0.0140. The van der Waals surface area contributed by atoms with E-state index in [9.17, 15) is 63.0 Å². The number of fused-ring (bicyclic) bond motifs is 1. The number of amides is 10. The van der Waals surface area contributed by atoms with Gasteiger partial charge in [-0.15, -0.1) is 0 Å². The molecule has 6 rings (SSSR count). The zero-order valence-electron chi connectivity index (χ0n) is 53.8. The molecule has 0 bridgehead atoms. The third kappa shape index (κ3) is 23.0. The molecule has 2 saturated heterocycles. The van der Waals surface area contributed by atoms with E-state index in [0.29, 0.717) is 66.4 Å². The number of likely N-dealkylation sites (tertiary alicyclic amines) is 1. The van der Waals surface area contributed by atoms with Crippen molar-refractivity contribution >= 4 is 81.7 Å². The van der Waals surface area contributed by atoms with Crippen LogP contribution in [0.4, 0.5) is 0 Å². The van der Waals surface area contributed by atoms with E-state index in [2.05, 4.69) is 67.8 Å². The van der Waals surface area contributed by atoms with Gasteiger partial charge in [0.05, 0.1) is 19.5 Å². The first-order valence-corrected chi connectivity index (χ1v) is 32.1. The molecular formula is C64H93N17O13. The van der Waals surface area contributed by atoms with Gasteiger partial charge in [-0.1, -0.05) is 70.9 Å². The van der Waals surface area contributed by atoms with Crippen molar-refractivity contribution in [2.24, 2.45) is 34.0 Å². The molecule has 2 aromatic carbocycles. The number of imidazole rings is 1. The Balaban J connectivity index is 1.23. The van der Waals surface area contributed by atoms with E-state index >= 15 is 0 Å². The van der Waals surface area contributed by atoms with Gasteiger partial charge in [0.25, 0.3) is 0 Å². The molecule has 512 valence electrons. The monoisotopic (exact) mass is 1310 g/mol. The molecule has 4 heterocycles. The van der Waals surface area contributed by atoms with Crippen molar-refractivity contribution in [3.8, 4) is 5.75 Å². The van der Waals surface area contributed by atoms with Crippen molar-refractivity contribution in [3.63, 3.8) is 0 Å². The second-order valence-corrected chi connectivity index (χ2v) is 24.7. The number of para-hydroxylation sites is 1. The summed E-state index contributed by atoms with van der Waals surface area (Å²) in [5, 5.41) is 45.9. The number of Topliss-reactive ketones (excluding diaryl/α,β-unsaturated/α-hetero) is 1. The first kappa shape index (κ1) is 73.6. The Morgan fingerprint density at radius 1 is 0.681 bits per heavy atom. The normalized spacial score (nSPS) is 16.7. The highest BCUT2D eigenvalue weighted by molar-refractivity contribution is 6.00. The summed E-state index contributed by atoms with van der Waals surface area (Å²) in [5.41, 5.74) is 19.1. The number of H-pyrrole nitrogens is 2. The molecule has 2 aliphatic rings. The molecule has 9 atom stereocenters. The highest BCUT2D eigenvalue weighted by atomic mass is 16.3. The van der Waals surface area contributed by atoms with Crippen LogP contribution in [0.1, 0.15) is 122 Å². The van der Waals surface area contributed by atoms with E-state index in [-0.39, 0.29) is 119 Å². The Hall–Kier alpha value is -9.45. The number of aromatic amines is 2. The summed E-state index contributed by atoms with van der Waals surface area (Å²) in [7, 11) is 0. The summed E-state index contributed by atoms with van der Waals surface area (Å²) in [6.45, 7) is 6.79. The number of nitrogens with zero attached hydrogens (tertiary/aromatic N) is 3. The van der Waals surface area contributed by atoms with Crippen molar-refractivity contribution in [2.75, 3.05) is 32.8 Å². The van der Waals surface area contributed by atoms with Crippen LogP contribution in [0.15, 0.2) is 72.2 Å². The molecular weight excluding hydrogens is 1210 g/mol. The Kier molecular flexibility index (Phi) is 28.7. The number of aromatic hydroxyl groups is 1. The van der Waals surface area contributed by atoms with Gasteiger partial charge in [-0.2, -0.15) is 0 Å². The van der Waals surface area contributed by atoms with Crippen LogP contribution in [0.5, 0.6) is 5.75 Å². The van der Waals surface area contributed by atoms with Crippen molar-refractivity contribution in [1.82, 2.24) is 67.7 Å². The molecule has 94 heavy (non-hydrogen) atoms. The van der Waals surface area contributed by atoms with Gasteiger partial charge in [0.15, 0.2) is 11.7 Å². The highest BCUT2D eigenvalue weighted by Crippen LogP contribution is 2.23. The zero-order chi connectivity index (χ0) is 68.4. The molecule has 19 N–H and O–H groups in total. The number of benzene rings is 2. The predicted octanol–water partition coefficient (Wildman–Crippen LogP) is -1.37. The number of guanidine groups is 1. The maximum absolute atomic E-state index is 14.8. The van der Waals surface area contributed by atoms with Crippen LogP contribution in [-0.4, -0.2) is 188 Å². The van der Waals surface area contributed by atoms with E-state index in [1.807, 2.05) is 33.8 Å². The van der Waals surface area contributed by atoms with Gasteiger partial charge in [-0.25, -0.2) is 4.98 Å². The van der Waals surface area contributed by atoms with Crippen LogP contribution >= 0.6 is 0 Å². The summed E-state index contributed by atoms with van der Waals surface area (Å²) in [5.74, 6) is -7.93. The zero-order valence-corrected chi connectivity index (χ0v) is 53.8. The Bertz CT molecular complexity index is 3260. The fourth-order valence-electron chi connectivity index (χ4n) is 11.3. The number of carbonyl (C=O) groups excluding carboxylic acids is 11. The maximum Gasteiger partial charge on any atom is 0.245 e. The number of rotatable bonds is 38. The predicted molar refractivity (Wildman–Crippen MR) is 347 cm³/mol. The standard InChI is InChI=1S/C64H93N17O13/c1-36(2)26-42(84)33-71-62(93)53-16-11-25-81(53)63(94)47(15-10-24-69-64(66)67)75-57(88)48(27-37(3)4)76-55(86)45(14-6-5-9-23-65)74-58(89)49(28-38-17-19-41(83)20-18-38)77-61(92)52(34-82)80-59(90)50(29-39-31-70-44-13-8-7-12-43(39)44)78-60(91)51(30-40-32-68-35-72-40)79-56(87)46-21-22-54(85)73-46/h7-8,12-13,17-20,31-32,35-37,45-53,70,82-83H,5-6,9-11,14-16,21-30,33-34,65H2,1-4H3,(H,68,72)(H,71,93)(H,73,85)(H,74,89)(H,75,88)(H,76,86)(H,77,92)(H,78,91)(H,79,87)(H,80,90)(H4,66,67,69)/t45-,46+,47+,48+,49+,50+,51+,52+,53+/m1/s1. The van der Waals surface area contributed by atoms with Crippen LogP contribution in [0.2, 0.25) is 0 Å². The maximum atomic E-state index is 14.8. The lowest BCUT2D eigenvalue weighted by atomic mass is 10.00. The molecule has 0 saturated carbocycles. The fraction of sp³-hybridized carbons (Fsp3) is 0.547. The number of aromatic nitrogens is 3. The Labute approximate surface area is 545 Å². The number of phenolic OH excluding ortho intramolecular Hbond substituents is 1. The van der Waals surface area contributed by atoms with Crippen LogP contribution in [0, 0.1) is 11.8 Å². The number of nitrogens with two attached hydrogens (primary N) is 3. The van der Waals surface area contributed by atoms with Crippen molar-refractivity contribution in [1.29, 1.82) is 0 Å². The van der Waals surface area contributed by atoms with Crippen molar-refractivity contribution in [2.45, 2.75) is 178 Å². The average Bonchev–Trinajstić information content (AvgIpc) is 1.72. The topological polar surface area (TPSA) is 475 Å². The molecule has 2 aromatic heterocycles. The number of phenols is 1. The number of unbranched alkanes of at least 4 members (excludes halogenated alkanes) is 2.